The number of halogens is 1. The topological polar surface area (TPSA) is 66.5 Å². The number of carbonyl (C=O) groups is 1. The molecular weight excluding hydrogens is 319 g/mol. The molecule has 1 aliphatic heterocycles. The van der Waals surface area contributed by atoms with E-state index in [1.807, 2.05) is 11.0 Å². The first-order valence-corrected chi connectivity index (χ1v) is 8.04. The second-order valence-corrected chi connectivity index (χ2v) is 6.16. The third-order valence-corrected chi connectivity index (χ3v) is 4.50. The van der Waals surface area contributed by atoms with Crippen molar-refractivity contribution in [3.8, 4) is 5.06 Å². The highest BCUT2D eigenvalue weighted by molar-refractivity contribution is 7.17. The monoisotopic (exact) mass is 336 g/mol. The van der Waals surface area contributed by atoms with Crippen LogP contribution in [0.2, 0.25) is 0 Å². The molecule has 0 aliphatic carbocycles. The van der Waals surface area contributed by atoms with Gasteiger partial charge in [-0.15, -0.1) is 0 Å². The lowest BCUT2D eigenvalue weighted by Gasteiger charge is -2.19. The molecule has 2 N–H and O–H groups in total. The number of carbonyl (C=O) groups excluding carboxylic acids is 1. The molecule has 1 unspecified atom stereocenters. The Hall–Kier alpha value is -2.35. The number of rotatable bonds is 4. The van der Waals surface area contributed by atoms with Gasteiger partial charge in [0.1, 0.15) is 5.82 Å². The lowest BCUT2D eigenvalue weighted by atomic mass is 10.2. The molecule has 23 heavy (non-hydrogen) atoms. The number of nitrogens with zero attached hydrogens (tertiary/aromatic N) is 2. The van der Waals surface area contributed by atoms with Gasteiger partial charge in [-0.05, 0) is 18.6 Å². The SMILES string of the molecule is COc1cnc(NC(=O)NC2CCN(c3ccccc3F)C2)s1. The summed E-state index contributed by atoms with van der Waals surface area (Å²) in [6.07, 6.45) is 2.32. The summed E-state index contributed by atoms with van der Waals surface area (Å²) in [7, 11) is 1.55. The number of nitrogens with one attached hydrogen (secondary N) is 2. The van der Waals surface area contributed by atoms with Crippen LogP contribution >= 0.6 is 11.3 Å². The Morgan fingerprint density at radius 3 is 3.04 bits per heavy atom. The number of hydrogen-bond donors (Lipinski definition) is 2. The molecule has 1 aromatic heterocycles. The normalized spacial score (nSPS) is 17.1. The van der Waals surface area contributed by atoms with Gasteiger partial charge in [-0.1, -0.05) is 23.5 Å². The smallest absolute Gasteiger partial charge is 0.321 e. The van der Waals surface area contributed by atoms with Crippen LogP contribution in [-0.2, 0) is 0 Å². The summed E-state index contributed by atoms with van der Waals surface area (Å²) < 4.78 is 18.8. The van der Waals surface area contributed by atoms with Crippen LogP contribution < -0.4 is 20.3 Å². The minimum absolute atomic E-state index is 0.0311. The molecule has 1 atom stereocenters. The summed E-state index contributed by atoms with van der Waals surface area (Å²) in [6, 6.07) is 6.32. The van der Waals surface area contributed by atoms with Crippen LogP contribution in [0.3, 0.4) is 0 Å². The molecule has 8 heteroatoms. The Labute approximate surface area is 137 Å². The second-order valence-electron chi connectivity index (χ2n) is 5.17. The number of hydrogen-bond acceptors (Lipinski definition) is 5. The van der Waals surface area contributed by atoms with E-state index in [9.17, 15) is 9.18 Å². The van der Waals surface area contributed by atoms with Crippen molar-refractivity contribution in [2.75, 3.05) is 30.4 Å². The van der Waals surface area contributed by atoms with Crippen LogP contribution in [0.25, 0.3) is 0 Å². The van der Waals surface area contributed by atoms with Gasteiger partial charge >= 0.3 is 6.03 Å². The Morgan fingerprint density at radius 2 is 2.30 bits per heavy atom. The van der Waals surface area contributed by atoms with Crippen molar-refractivity contribution >= 4 is 28.2 Å². The predicted molar refractivity (Wildman–Crippen MR) is 87.8 cm³/mol. The standard InChI is InChI=1S/C15H17FN4O2S/c1-22-13-8-17-15(23-13)19-14(21)18-10-6-7-20(9-10)12-5-3-2-4-11(12)16/h2-5,8,10H,6-7,9H2,1H3,(H2,17,18,19,21). The van der Waals surface area contributed by atoms with Crippen molar-refractivity contribution in [2.45, 2.75) is 12.5 Å². The number of urea groups is 1. The Morgan fingerprint density at radius 1 is 1.48 bits per heavy atom. The first-order chi connectivity index (χ1) is 11.2. The first-order valence-electron chi connectivity index (χ1n) is 7.22. The van der Waals surface area contributed by atoms with Gasteiger partial charge in [-0.3, -0.25) is 5.32 Å². The van der Waals surface area contributed by atoms with Gasteiger partial charge in [0.15, 0.2) is 10.2 Å². The van der Waals surface area contributed by atoms with Gasteiger partial charge in [0.2, 0.25) is 0 Å². The third kappa shape index (κ3) is 3.70. The van der Waals surface area contributed by atoms with Crippen LogP contribution in [0.4, 0.5) is 20.0 Å². The van der Waals surface area contributed by atoms with E-state index >= 15 is 0 Å². The van der Waals surface area contributed by atoms with Crippen LogP contribution in [0.5, 0.6) is 5.06 Å². The summed E-state index contributed by atoms with van der Waals surface area (Å²) in [5.41, 5.74) is 0.571. The van der Waals surface area contributed by atoms with Crippen molar-refractivity contribution in [3.63, 3.8) is 0 Å². The second kappa shape index (κ2) is 6.82. The Balaban J connectivity index is 1.53. The molecule has 0 bridgehead atoms. The van der Waals surface area contributed by atoms with Crippen molar-refractivity contribution < 1.29 is 13.9 Å². The number of ether oxygens (including phenoxy) is 1. The average Bonchev–Trinajstić information content (AvgIpc) is 3.17. The maximum Gasteiger partial charge on any atom is 0.321 e. The number of benzene rings is 1. The molecule has 1 fully saturated rings. The zero-order valence-corrected chi connectivity index (χ0v) is 13.4. The van der Waals surface area contributed by atoms with E-state index in [1.165, 1.54) is 17.4 Å². The van der Waals surface area contributed by atoms with Gasteiger partial charge in [-0.25, -0.2) is 14.2 Å². The van der Waals surface area contributed by atoms with Crippen LogP contribution in [0.1, 0.15) is 6.42 Å². The average molecular weight is 336 g/mol. The fraction of sp³-hybridized carbons (Fsp3) is 0.333. The van der Waals surface area contributed by atoms with Gasteiger partial charge in [0, 0.05) is 19.1 Å². The zero-order chi connectivity index (χ0) is 16.2. The van der Waals surface area contributed by atoms with E-state index in [0.29, 0.717) is 29.0 Å². The summed E-state index contributed by atoms with van der Waals surface area (Å²) in [5, 5.41) is 6.67. The molecule has 2 heterocycles. The summed E-state index contributed by atoms with van der Waals surface area (Å²) in [4.78, 5) is 18.0. The summed E-state index contributed by atoms with van der Waals surface area (Å²) in [6.45, 7) is 1.28. The number of anilines is 2. The fourth-order valence-corrected chi connectivity index (χ4v) is 3.16. The van der Waals surface area contributed by atoms with Crippen molar-refractivity contribution in [2.24, 2.45) is 0 Å². The molecule has 1 saturated heterocycles. The maximum atomic E-state index is 13.8. The highest BCUT2D eigenvalue weighted by Crippen LogP contribution is 2.25. The lowest BCUT2D eigenvalue weighted by molar-refractivity contribution is 0.249. The van der Waals surface area contributed by atoms with Crippen LogP contribution in [0, 0.1) is 5.82 Å². The third-order valence-electron chi connectivity index (χ3n) is 3.62. The molecule has 1 aromatic carbocycles. The van der Waals surface area contributed by atoms with E-state index in [0.717, 1.165) is 6.42 Å². The molecule has 0 radical (unpaired) electrons. The first kappa shape index (κ1) is 15.5. The van der Waals surface area contributed by atoms with Crippen molar-refractivity contribution in [1.82, 2.24) is 10.3 Å². The van der Waals surface area contributed by atoms with Crippen molar-refractivity contribution in [1.29, 1.82) is 0 Å². The zero-order valence-electron chi connectivity index (χ0n) is 12.6. The molecule has 122 valence electrons. The maximum absolute atomic E-state index is 13.8. The Kier molecular flexibility index (Phi) is 4.61. The number of aromatic nitrogens is 1. The minimum Gasteiger partial charge on any atom is -0.486 e. The Bertz CT molecular complexity index is 694. The quantitative estimate of drug-likeness (QED) is 0.901. The highest BCUT2D eigenvalue weighted by atomic mass is 32.1. The lowest BCUT2D eigenvalue weighted by Crippen LogP contribution is -2.39. The molecule has 1 aliphatic rings. The van der Waals surface area contributed by atoms with Gasteiger partial charge in [0.25, 0.3) is 0 Å². The van der Waals surface area contributed by atoms with E-state index in [-0.39, 0.29) is 17.9 Å². The van der Waals surface area contributed by atoms with E-state index in [1.54, 1.807) is 25.4 Å². The number of methoxy groups -OCH3 is 1. The molecule has 6 nitrogen and oxygen atoms in total. The van der Waals surface area contributed by atoms with E-state index < -0.39 is 0 Å². The van der Waals surface area contributed by atoms with Gasteiger partial charge in [0.05, 0.1) is 19.0 Å². The largest absolute Gasteiger partial charge is 0.486 e. The highest BCUT2D eigenvalue weighted by Gasteiger charge is 2.25. The molecule has 2 aromatic rings. The molecule has 0 spiro atoms. The fourth-order valence-electron chi connectivity index (χ4n) is 2.54. The minimum atomic E-state index is -0.317. The van der Waals surface area contributed by atoms with E-state index in [4.69, 9.17) is 4.74 Å². The van der Waals surface area contributed by atoms with E-state index in [2.05, 4.69) is 15.6 Å². The van der Waals surface area contributed by atoms with Gasteiger partial charge in [-0.2, -0.15) is 0 Å². The molecule has 3 rings (SSSR count). The molecule has 0 saturated carbocycles. The summed E-state index contributed by atoms with van der Waals surface area (Å²) in [5.74, 6) is -0.243. The molecular formula is C15H17FN4O2S. The van der Waals surface area contributed by atoms with Crippen LogP contribution in [-0.4, -0.2) is 37.3 Å². The summed E-state index contributed by atoms with van der Waals surface area (Å²) >= 11 is 1.25. The van der Waals surface area contributed by atoms with Crippen LogP contribution in [0.15, 0.2) is 30.5 Å². The number of thiazole rings is 1. The number of amides is 2. The number of para-hydroxylation sites is 1. The van der Waals surface area contributed by atoms with Gasteiger partial charge < -0.3 is 15.0 Å². The van der Waals surface area contributed by atoms with Crippen molar-refractivity contribution in [3.05, 3.63) is 36.3 Å². The molecule has 2 amide bonds. The predicted octanol–water partition coefficient (Wildman–Crippen LogP) is 2.69.